The summed E-state index contributed by atoms with van der Waals surface area (Å²) in [5, 5.41) is 11.8. The average Bonchev–Trinajstić information content (AvgIpc) is 3.13. The molecule has 4 rings (SSSR count). The Morgan fingerprint density at radius 2 is 1.67 bits per heavy atom. The number of nitrogens with zero attached hydrogens (tertiary/aromatic N) is 1. The van der Waals surface area contributed by atoms with Crippen LogP contribution in [-0.2, 0) is 9.59 Å². The fraction of sp³-hybridized carbons (Fsp3) is 0.214. The van der Waals surface area contributed by atoms with E-state index in [0.717, 1.165) is 0 Å². The lowest BCUT2D eigenvalue weighted by molar-refractivity contribution is -0.132. The van der Waals surface area contributed by atoms with Gasteiger partial charge in [-0.15, -0.1) is 0 Å². The second kappa shape index (κ2) is 10.3. The van der Waals surface area contributed by atoms with Gasteiger partial charge < -0.3 is 19.3 Å². The van der Waals surface area contributed by atoms with Gasteiger partial charge in [-0.05, 0) is 61.9 Å². The summed E-state index contributed by atoms with van der Waals surface area (Å²) in [6.07, 6.45) is -0.0827. The van der Waals surface area contributed by atoms with Crippen LogP contribution in [0.4, 0.5) is 5.69 Å². The quantitative estimate of drug-likeness (QED) is 0.248. The molecule has 1 heterocycles. The Labute approximate surface area is 214 Å². The van der Waals surface area contributed by atoms with Crippen molar-refractivity contribution < 1.29 is 28.9 Å². The number of ketones is 1. The van der Waals surface area contributed by atoms with Gasteiger partial charge in [0.05, 0.1) is 37.5 Å². The summed E-state index contributed by atoms with van der Waals surface area (Å²) < 4.78 is 16.6. The SMILES string of the molecule is COc1cccc(N2C(=O)C(=O)/C(=C(/O)c3cc(Cl)ccc3OC)C2c2cccc(OC(C)C)c2)c1. The van der Waals surface area contributed by atoms with Crippen LogP contribution in [0.5, 0.6) is 17.2 Å². The van der Waals surface area contributed by atoms with Gasteiger partial charge in [-0.1, -0.05) is 29.8 Å². The van der Waals surface area contributed by atoms with Crippen LogP contribution in [0.25, 0.3) is 5.76 Å². The van der Waals surface area contributed by atoms with Crippen LogP contribution < -0.4 is 19.1 Å². The molecule has 1 saturated heterocycles. The molecule has 1 unspecified atom stereocenters. The van der Waals surface area contributed by atoms with Crippen molar-refractivity contribution in [1.82, 2.24) is 0 Å². The van der Waals surface area contributed by atoms with Crippen LogP contribution in [-0.4, -0.2) is 37.1 Å². The molecule has 1 aliphatic rings. The normalized spacial score (nSPS) is 16.9. The molecule has 0 saturated carbocycles. The van der Waals surface area contributed by atoms with Gasteiger partial charge in [0, 0.05) is 16.8 Å². The van der Waals surface area contributed by atoms with Crippen molar-refractivity contribution in [1.29, 1.82) is 0 Å². The summed E-state index contributed by atoms with van der Waals surface area (Å²) in [4.78, 5) is 28.2. The van der Waals surface area contributed by atoms with E-state index >= 15 is 0 Å². The lowest BCUT2D eigenvalue weighted by Crippen LogP contribution is -2.29. The smallest absolute Gasteiger partial charge is 0.300 e. The van der Waals surface area contributed by atoms with E-state index < -0.39 is 23.5 Å². The maximum atomic E-state index is 13.4. The van der Waals surface area contributed by atoms with Crippen molar-refractivity contribution in [2.75, 3.05) is 19.1 Å². The van der Waals surface area contributed by atoms with Gasteiger partial charge in [0.25, 0.3) is 11.7 Å². The highest BCUT2D eigenvalue weighted by molar-refractivity contribution is 6.51. The minimum atomic E-state index is -0.948. The van der Waals surface area contributed by atoms with Gasteiger partial charge in [-0.3, -0.25) is 14.5 Å². The molecule has 36 heavy (non-hydrogen) atoms. The summed E-state index contributed by atoms with van der Waals surface area (Å²) in [5.74, 6) is -0.623. The minimum Gasteiger partial charge on any atom is -0.507 e. The number of methoxy groups -OCH3 is 2. The van der Waals surface area contributed by atoms with Crippen molar-refractivity contribution >= 4 is 34.7 Å². The molecule has 1 fully saturated rings. The van der Waals surface area contributed by atoms with E-state index in [2.05, 4.69) is 0 Å². The number of aliphatic hydroxyl groups is 1. The molecular weight excluding hydrogens is 482 g/mol. The van der Waals surface area contributed by atoms with E-state index in [9.17, 15) is 14.7 Å². The van der Waals surface area contributed by atoms with Gasteiger partial charge in [0.15, 0.2) is 0 Å². The minimum absolute atomic E-state index is 0.0827. The highest BCUT2D eigenvalue weighted by atomic mass is 35.5. The molecule has 1 N–H and O–H groups in total. The Morgan fingerprint density at radius 1 is 0.944 bits per heavy atom. The Morgan fingerprint density at radius 3 is 2.36 bits per heavy atom. The van der Waals surface area contributed by atoms with Crippen LogP contribution >= 0.6 is 11.6 Å². The van der Waals surface area contributed by atoms with Crippen molar-refractivity contribution in [2.45, 2.75) is 26.0 Å². The number of carbonyl (C=O) groups excluding carboxylic acids is 2. The zero-order chi connectivity index (χ0) is 26.0. The molecule has 3 aromatic rings. The molecule has 1 atom stereocenters. The Hall–Kier alpha value is -3.97. The lowest BCUT2D eigenvalue weighted by atomic mass is 9.94. The van der Waals surface area contributed by atoms with E-state index in [1.807, 2.05) is 13.8 Å². The summed E-state index contributed by atoms with van der Waals surface area (Å²) >= 11 is 6.19. The van der Waals surface area contributed by atoms with Crippen LogP contribution in [0.3, 0.4) is 0 Å². The second-order valence-electron chi connectivity index (χ2n) is 8.45. The Bertz CT molecular complexity index is 1350. The molecule has 3 aromatic carbocycles. The molecule has 0 aliphatic carbocycles. The highest BCUT2D eigenvalue weighted by Gasteiger charge is 2.47. The Kier molecular flexibility index (Phi) is 7.22. The summed E-state index contributed by atoms with van der Waals surface area (Å²) in [7, 11) is 2.96. The number of hydrogen-bond acceptors (Lipinski definition) is 6. The molecule has 1 aliphatic heterocycles. The van der Waals surface area contributed by atoms with Crippen LogP contribution in [0.1, 0.15) is 31.0 Å². The summed E-state index contributed by atoms with van der Waals surface area (Å²) in [6, 6.07) is 17.7. The van der Waals surface area contributed by atoms with E-state index in [1.165, 1.54) is 25.2 Å². The van der Waals surface area contributed by atoms with Crippen LogP contribution in [0, 0.1) is 0 Å². The van der Waals surface area contributed by atoms with E-state index in [-0.39, 0.29) is 17.2 Å². The van der Waals surface area contributed by atoms with Crippen molar-refractivity contribution in [3.8, 4) is 17.2 Å². The van der Waals surface area contributed by atoms with Crippen LogP contribution in [0.2, 0.25) is 5.02 Å². The number of anilines is 1. The first-order valence-electron chi connectivity index (χ1n) is 11.3. The number of Topliss-reactive ketones (excluding diaryl/α,β-unsaturated/α-hetero) is 1. The largest absolute Gasteiger partial charge is 0.507 e. The topological polar surface area (TPSA) is 85.3 Å². The van der Waals surface area contributed by atoms with Crippen LogP contribution in [0.15, 0.2) is 72.3 Å². The Balaban J connectivity index is 1.98. The second-order valence-corrected chi connectivity index (χ2v) is 8.89. The monoisotopic (exact) mass is 507 g/mol. The molecule has 7 nitrogen and oxygen atoms in total. The third-order valence-corrected chi connectivity index (χ3v) is 5.97. The number of benzene rings is 3. The van der Waals surface area contributed by atoms with E-state index in [1.54, 1.807) is 60.7 Å². The number of ether oxygens (including phenoxy) is 3. The fourth-order valence-corrected chi connectivity index (χ4v) is 4.39. The average molecular weight is 508 g/mol. The van der Waals surface area contributed by atoms with E-state index in [4.69, 9.17) is 25.8 Å². The van der Waals surface area contributed by atoms with Gasteiger partial charge in [-0.2, -0.15) is 0 Å². The molecule has 0 radical (unpaired) electrons. The van der Waals surface area contributed by atoms with Crippen molar-refractivity contribution in [3.05, 3.63) is 88.5 Å². The lowest BCUT2D eigenvalue weighted by Gasteiger charge is -2.26. The third kappa shape index (κ3) is 4.75. The predicted molar refractivity (Wildman–Crippen MR) is 138 cm³/mol. The molecule has 8 heteroatoms. The summed E-state index contributed by atoms with van der Waals surface area (Å²) in [6.45, 7) is 3.81. The first-order chi connectivity index (χ1) is 17.2. The van der Waals surface area contributed by atoms with Gasteiger partial charge in [-0.25, -0.2) is 0 Å². The standard InChI is InChI=1S/C28H26ClNO6/c1-16(2)36-21-10-5-7-17(13-21)25-24(26(31)22-14-18(29)11-12-23(22)35-4)27(32)28(33)30(25)19-8-6-9-20(15-19)34-3/h5-16,25,31H,1-4H3/b26-24+. The van der Waals surface area contributed by atoms with Gasteiger partial charge in [0.2, 0.25) is 0 Å². The number of hydrogen-bond donors (Lipinski definition) is 1. The molecule has 0 bridgehead atoms. The maximum Gasteiger partial charge on any atom is 0.300 e. The first kappa shape index (κ1) is 25.1. The molecular formula is C28H26ClNO6. The predicted octanol–water partition coefficient (Wildman–Crippen LogP) is 5.77. The number of amides is 1. The zero-order valence-electron chi connectivity index (χ0n) is 20.3. The molecule has 0 spiro atoms. The summed E-state index contributed by atoms with van der Waals surface area (Å²) in [5.41, 5.74) is 1.13. The highest BCUT2D eigenvalue weighted by Crippen LogP contribution is 2.44. The van der Waals surface area contributed by atoms with Crippen molar-refractivity contribution in [3.63, 3.8) is 0 Å². The maximum absolute atomic E-state index is 13.4. The van der Waals surface area contributed by atoms with E-state index in [0.29, 0.717) is 33.5 Å². The molecule has 1 amide bonds. The van der Waals surface area contributed by atoms with Crippen molar-refractivity contribution in [2.24, 2.45) is 0 Å². The van der Waals surface area contributed by atoms with Gasteiger partial charge in [0.1, 0.15) is 23.0 Å². The number of carbonyl (C=O) groups is 2. The fourth-order valence-electron chi connectivity index (χ4n) is 4.22. The number of aliphatic hydroxyl groups excluding tert-OH is 1. The third-order valence-electron chi connectivity index (χ3n) is 5.74. The molecule has 0 aromatic heterocycles. The number of rotatable bonds is 7. The first-order valence-corrected chi connectivity index (χ1v) is 11.7. The van der Waals surface area contributed by atoms with Gasteiger partial charge >= 0.3 is 0 Å². The zero-order valence-corrected chi connectivity index (χ0v) is 21.1. The number of halogens is 1. The molecule has 186 valence electrons.